The van der Waals surface area contributed by atoms with Crippen LogP contribution in [-0.2, 0) is 23.8 Å². The Bertz CT molecular complexity index is 555. The van der Waals surface area contributed by atoms with Gasteiger partial charge < -0.3 is 10.4 Å². The van der Waals surface area contributed by atoms with Crippen LogP contribution in [0, 0.1) is 5.92 Å². The first-order valence-corrected chi connectivity index (χ1v) is 6.54. The van der Waals surface area contributed by atoms with Crippen LogP contribution >= 0.6 is 0 Å². The van der Waals surface area contributed by atoms with Gasteiger partial charge in [0.25, 0.3) is 5.92 Å². The zero-order valence-electron chi connectivity index (χ0n) is 11.3. The molecule has 1 aromatic rings. The number of carbonyl (C=O) groups excluding carboxylic acids is 1. The van der Waals surface area contributed by atoms with E-state index in [2.05, 4.69) is 10.2 Å². The molecule has 1 aromatic heterocycles. The van der Waals surface area contributed by atoms with Gasteiger partial charge in [-0.2, -0.15) is 18.3 Å². The van der Waals surface area contributed by atoms with Crippen molar-refractivity contribution in [2.75, 3.05) is 13.2 Å². The van der Waals surface area contributed by atoms with Gasteiger partial charge in [-0.15, -0.1) is 0 Å². The van der Waals surface area contributed by atoms with E-state index in [1.54, 1.807) is 0 Å². The zero-order chi connectivity index (χ0) is 16.5. The minimum absolute atomic E-state index is 0.0900. The maximum atomic E-state index is 12.9. The second-order valence-corrected chi connectivity index (χ2v) is 5.20. The van der Waals surface area contributed by atoms with Crippen LogP contribution in [0.15, 0.2) is 0 Å². The van der Waals surface area contributed by atoms with E-state index in [1.165, 1.54) is 0 Å². The Kier molecular flexibility index (Phi) is 4.41. The highest BCUT2D eigenvalue weighted by atomic mass is 19.4. The van der Waals surface area contributed by atoms with Gasteiger partial charge in [0, 0.05) is 17.2 Å². The van der Waals surface area contributed by atoms with Gasteiger partial charge in [-0.1, -0.05) is 0 Å². The third kappa shape index (κ3) is 3.54. The van der Waals surface area contributed by atoms with Gasteiger partial charge in [0.1, 0.15) is 6.61 Å². The number of aryl methyl sites for hydroxylation is 1. The van der Waals surface area contributed by atoms with E-state index in [9.17, 15) is 26.7 Å². The summed E-state index contributed by atoms with van der Waals surface area (Å²) in [4.78, 5) is 11.8. The highest BCUT2D eigenvalue weighted by Gasteiger charge is 2.40. The predicted molar refractivity (Wildman–Crippen MR) is 64.1 cm³/mol. The van der Waals surface area contributed by atoms with Crippen LogP contribution in [0.25, 0.3) is 0 Å². The highest BCUT2D eigenvalue weighted by Crippen LogP contribution is 2.36. The fourth-order valence-corrected chi connectivity index (χ4v) is 2.37. The largest absolute Gasteiger partial charge is 0.435 e. The normalized spacial score (nSPS) is 18.9. The molecule has 1 aliphatic rings. The fourth-order valence-electron chi connectivity index (χ4n) is 2.37. The van der Waals surface area contributed by atoms with Gasteiger partial charge in [0.05, 0.1) is 6.54 Å². The van der Waals surface area contributed by atoms with Crippen LogP contribution in [0.5, 0.6) is 0 Å². The Labute approximate surface area is 121 Å². The maximum absolute atomic E-state index is 12.9. The number of hydrogen-bond acceptors (Lipinski definition) is 3. The highest BCUT2D eigenvalue weighted by molar-refractivity contribution is 5.79. The van der Waals surface area contributed by atoms with E-state index < -0.39 is 42.8 Å². The molecule has 10 heteroatoms. The van der Waals surface area contributed by atoms with E-state index in [4.69, 9.17) is 5.11 Å². The van der Waals surface area contributed by atoms with E-state index in [0.717, 1.165) is 0 Å². The quantitative estimate of drug-likeness (QED) is 0.729. The maximum Gasteiger partial charge on any atom is 0.435 e. The molecule has 0 fully saturated rings. The molecule has 0 bridgehead atoms. The molecule has 5 nitrogen and oxygen atoms in total. The van der Waals surface area contributed by atoms with E-state index in [0.29, 0.717) is 5.69 Å². The molecular weight excluding hydrogens is 313 g/mol. The number of aromatic amines is 1. The summed E-state index contributed by atoms with van der Waals surface area (Å²) in [6.07, 6.45) is -4.42. The average Bonchev–Trinajstić information content (AvgIpc) is 2.87. The third-order valence-electron chi connectivity index (χ3n) is 3.54. The average molecular weight is 327 g/mol. The summed E-state index contributed by atoms with van der Waals surface area (Å²) in [5.74, 6) is -5.05. The molecule has 0 saturated carbocycles. The number of nitrogens with one attached hydrogen (secondary N) is 2. The Balaban J connectivity index is 2.05. The summed E-state index contributed by atoms with van der Waals surface area (Å²) in [5, 5.41) is 15.9. The first kappa shape index (κ1) is 16.7. The van der Waals surface area contributed by atoms with Crippen LogP contribution in [0.1, 0.15) is 23.4 Å². The van der Waals surface area contributed by atoms with E-state index in [1.807, 2.05) is 5.32 Å². The number of aliphatic hydroxyl groups is 1. The smallest absolute Gasteiger partial charge is 0.390 e. The van der Waals surface area contributed by atoms with Crippen LogP contribution in [0.2, 0.25) is 0 Å². The molecule has 124 valence electrons. The van der Waals surface area contributed by atoms with Crippen molar-refractivity contribution in [3.05, 3.63) is 17.0 Å². The molecule has 0 unspecified atom stereocenters. The lowest BCUT2D eigenvalue weighted by Crippen LogP contribution is -2.42. The SMILES string of the molecule is O=C(NCC(F)(F)CO)[C@@H]1CCc2[nH]nc(C(F)(F)F)c2C1. The van der Waals surface area contributed by atoms with Crippen LogP contribution in [0.4, 0.5) is 22.0 Å². The predicted octanol–water partition coefficient (Wildman–Crippen LogP) is 1.28. The Morgan fingerprint density at radius 2 is 2.05 bits per heavy atom. The summed E-state index contributed by atoms with van der Waals surface area (Å²) in [6, 6.07) is 0. The molecule has 1 aliphatic carbocycles. The van der Waals surface area contributed by atoms with Crippen molar-refractivity contribution in [3.63, 3.8) is 0 Å². The van der Waals surface area contributed by atoms with Crippen LogP contribution < -0.4 is 5.32 Å². The summed E-state index contributed by atoms with van der Waals surface area (Å²) in [5.41, 5.74) is -0.842. The van der Waals surface area contributed by atoms with Crippen LogP contribution in [-0.4, -0.2) is 40.3 Å². The molecule has 2 rings (SSSR count). The number of fused-ring (bicyclic) bond motifs is 1. The molecule has 1 amide bonds. The summed E-state index contributed by atoms with van der Waals surface area (Å²) in [7, 11) is 0. The van der Waals surface area contributed by atoms with Crippen molar-refractivity contribution < 1.29 is 31.9 Å². The second kappa shape index (κ2) is 5.82. The second-order valence-electron chi connectivity index (χ2n) is 5.20. The van der Waals surface area contributed by atoms with Crippen molar-refractivity contribution in [3.8, 4) is 0 Å². The summed E-state index contributed by atoms with van der Waals surface area (Å²) < 4.78 is 64.1. The molecule has 22 heavy (non-hydrogen) atoms. The lowest BCUT2D eigenvalue weighted by Gasteiger charge is -2.23. The Hall–Kier alpha value is -1.71. The van der Waals surface area contributed by atoms with Gasteiger partial charge in [-0.05, 0) is 19.3 Å². The molecule has 3 N–H and O–H groups in total. The van der Waals surface area contributed by atoms with Gasteiger partial charge in [0.2, 0.25) is 5.91 Å². The topological polar surface area (TPSA) is 78.0 Å². The van der Waals surface area contributed by atoms with Gasteiger partial charge in [-0.3, -0.25) is 9.89 Å². The van der Waals surface area contributed by atoms with Crippen molar-refractivity contribution in [2.45, 2.75) is 31.4 Å². The molecule has 0 saturated heterocycles. The Morgan fingerprint density at radius 1 is 1.36 bits per heavy atom. The third-order valence-corrected chi connectivity index (χ3v) is 3.54. The van der Waals surface area contributed by atoms with Gasteiger partial charge in [0.15, 0.2) is 5.69 Å². The molecule has 0 aromatic carbocycles. The monoisotopic (exact) mass is 327 g/mol. The molecule has 1 heterocycles. The number of halogens is 5. The van der Waals surface area contributed by atoms with Crippen molar-refractivity contribution in [1.29, 1.82) is 0 Å². The van der Waals surface area contributed by atoms with Crippen LogP contribution in [0.3, 0.4) is 0 Å². The molecule has 1 atom stereocenters. The van der Waals surface area contributed by atoms with Crippen molar-refractivity contribution in [2.24, 2.45) is 5.92 Å². The number of nitrogens with zero attached hydrogens (tertiary/aromatic N) is 1. The van der Waals surface area contributed by atoms with E-state index in [-0.39, 0.29) is 24.8 Å². The molecular formula is C12H14F5N3O2. The number of aliphatic hydroxyl groups excluding tert-OH is 1. The standard InChI is InChI=1S/C12H14F5N3O2/c13-11(14,5-21)4-18-10(22)6-1-2-8-7(3-6)9(20-19-8)12(15,16)17/h6,21H,1-5H2,(H,18,22)(H,19,20)/t6-/m1/s1. The number of alkyl halides is 5. The number of hydrogen-bond donors (Lipinski definition) is 3. The van der Waals surface area contributed by atoms with E-state index >= 15 is 0 Å². The molecule has 0 spiro atoms. The molecule has 0 radical (unpaired) electrons. The lowest BCUT2D eigenvalue weighted by molar-refractivity contribution is -0.142. The minimum atomic E-state index is -4.63. The first-order chi connectivity index (χ1) is 10.1. The van der Waals surface area contributed by atoms with Crippen molar-refractivity contribution >= 4 is 5.91 Å². The number of aromatic nitrogens is 2. The number of carbonyl (C=O) groups is 1. The minimum Gasteiger partial charge on any atom is -0.390 e. The van der Waals surface area contributed by atoms with Crippen molar-refractivity contribution in [1.82, 2.24) is 15.5 Å². The fraction of sp³-hybridized carbons (Fsp3) is 0.667. The lowest BCUT2D eigenvalue weighted by atomic mass is 9.85. The zero-order valence-corrected chi connectivity index (χ0v) is 11.3. The van der Waals surface area contributed by atoms with Gasteiger partial charge >= 0.3 is 6.18 Å². The van der Waals surface area contributed by atoms with Gasteiger partial charge in [-0.25, -0.2) is 8.78 Å². The number of rotatable bonds is 4. The first-order valence-electron chi connectivity index (χ1n) is 6.54. The summed E-state index contributed by atoms with van der Waals surface area (Å²) >= 11 is 0. The summed E-state index contributed by atoms with van der Waals surface area (Å²) in [6.45, 7) is -2.47. The Morgan fingerprint density at radius 3 is 2.64 bits per heavy atom. The number of amides is 1. The number of H-pyrrole nitrogens is 1. The molecule has 0 aliphatic heterocycles.